The van der Waals surface area contributed by atoms with E-state index in [-0.39, 0.29) is 31.5 Å². The fourth-order valence-corrected chi connectivity index (χ4v) is 5.21. The van der Waals surface area contributed by atoms with Crippen LogP contribution < -0.4 is 5.32 Å². The summed E-state index contributed by atoms with van der Waals surface area (Å²) in [6, 6.07) is 15.5. The Morgan fingerprint density at radius 2 is 1.71 bits per heavy atom. The van der Waals surface area contributed by atoms with Crippen LogP contribution in [0.3, 0.4) is 0 Å². The zero-order chi connectivity index (χ0) is 25.0. The summed E-state index contributed by atoms with van der Waals surface area (Å²) < 4.78 is 11.0. The number of benzene rings is 2. The summed E-state index contributed by atoms with van der Waals surface area (Å²) in [6.07, 6.45) is 1.78. The van der Waals surface area contributed by atoms with E-state index in [1.165, 1.54) is 0 Å². The van der Waals surface area contributed by atoms with E-state index >= 15 is 0 Å². The third kappa shape index (κ3) is 5.62. The van der Waals surface area contributed by atoms with Gasteiger partial charge in [-0.3, -0.25) is 4.79 Å². The number of nitrogens with zero attached hydrogens (tertiary/aromatic N) is 1. The molecule has 2 amide bonds. The SMILES string of the molecule is CSCC[C@@H](NC(=O)OCC1c2ccccc2-c2ccccc21)C(=O)N1CC(C)(OCC(=O)O)C1. The van der Waals surface area contributed by atoms with Crippen molar-refractivity contribution in [3.8, 4) is 11.1 Å². The summed E-state index contributed by atoms with van der Waals surface area (Å²) in [5, 5.41) is 11.6. The Balaban J connectivity index is 1.36. The van der Waals surface area contributed by atoms with Gasteiger partial charge in [-0.25, -0.2) is 9.59 Å². The first-order chi connectivity index (χ1) is 16.8. The number of likely N-dealkylation sites (tertiary alicyclic amines) is 1. The minimum Gasteiger partial charge on any atom is -0.480 e. The first-order valence-electron chi connectivity index (χ1n) is 11.6. The molecule has 8 nitrogen and oxygen atoms in total. The van der Waals surface area contributed by atoms with Crippen molar-refractivity contribution in [2.24, 2.45) is 0 Å². The number of hydrogen-bond donors (Lipinski definition) is 2. The van der Waals surface area contributed by atoms with Gasteiger partial charge >= 0.3 is 12.1 Å². The molecule has 2 N–H and O–H groups in total. The number of fused-ring (bicyclic) bond motifs is 3. The Morgan fingerprint density at radius 1 is 1.11 bits per heavy atom. The van der Waals surface area contributed by atoms with Gasteiger partial charge in [0, 0.05) is 5.92 Å². The van der Waals surface area contributed by atoms with E-state index in [1.807, 2.05) is 30.5 Å². The van der Waals surface area contributed by atoms with E-state index < -0.39 is 30.3 Å². The Hall–Kier alpha value is -3.04. The van der Waals surface area contributed by atoms with Gasteiger partial charge in [0.1, 0.15) is 24.9 Å². The number of amides is 2. The highest BCUT2D eigenvalue weighted by molar-refractivity contribution is 7.98. The number of alkyl carbamates (subject to hydrolysis) is 1. The largest absolute Gasteiger partial charge is 0.480 e. The first kappa shape index (κ1) is 25.1. The molecule has 1 atom stereocenters. The molecule has 1 aliphatic heterocycles. The predicted molar refractivity (Wildman–Crippen MR) is 134 cm³/mol. The van der Waals surface area contributed by atoms with E-state index in [1.54, 1.807) is 23.6 Å². The molecule has 0 saturated carbocycles. The van der Waals surface area contributed by atoms with E-state index in [0.717, 1.165) is 22.3 Å². The minimum atomic E-state index is -1.05. The maximum Gasteiger partial charge on any atom is 0.407 e. The minimum absolute atomic E-state index is 0.0593. The fraction of sp³-hybridized carbons (Fsp3) is 0.423. The van der Waals surface area contributed by atoms with Crippen molar-refractivity contribution in [2.45, 2.75) is 30.9 Å². The number of rotatable bonds is 10. The number of carbonyl (C=O) groups excluding carboxylic acids is 2. The van der Waals surface area contributed by atoms with Crippen molar-refractivity contribution in [2.75, 3.05) is 38.3 Å². The predicted octanol–water partition coefficient (Wildman–Crippen LogP) is 3.35. The summed E-state index contributed by atoms with van der Waals surface area (Å²) in [4.78, 5) is 38.1. The second kappa shape index (κ2) is 10.7. The van der Waals surface area contributed by atoms with Gasteiger partial charge in [0.15, 0.2) is 0 Å². The molecule has 2 aromatic rings. The number of aliphatic carboxylic acids is 1. The van der Waals surface area contributed by atoms with Crippen molar-refractivity contribution >= 4 is 29.7 Å². The van der Waals surface area contributed by atoms with Gasteiger partial charge in [0.2, 0.25) is 5.91 Å². The summed E-state index contributed by atoms with van der Waals surface area (Å²) in [5.74, 6) is -0.633. The molecule has 1 aliphatic carbocycles. The van der Waals surface area contributed by atoms with Gasteiger partial charge < -0.3 is 24.8 Å². The average Bonchev–Trinajstić information content (AvgIpc) is 3.15. The Morgan fingerprint density at radius 3 is 2.29 bits per heavy atom. The molecule has 0 aromatic heterocycles. The summed E-state index contributed by atoms with van der Waals surface area (Å²) in [5.41, 5.74) is 3.85. The lowest BCUT2D eigenvalue weighted by Gasteiger charge is -2.48. The van der Waals surface area contributed by atoms with Crippen LogP contribution in [0.2, 0.25) is 0 Å². The molecule has 4 rings (SSSR count). The quantitative estimate of drug-likeness (QED) is 0.518. The van der Waals surface area contributed by atoms with E-state index in [2.05, 4.69) is 29.6 Å². The molecule has 2 aromatic carbocycles. The summed E-state index contributed by atoms with van der Waals surface area (Å²) in [7, 11) is 0. The van der Waals surface area contributed by atoms with Crippen molar-refractivity contribution < 1.29 is 29.0 Å². The lowest BCUT2D eigenvalue weighted by atomic mass is 9.95. The van der Waals surface area contributed by atoms with Gasteiger partial charge in [-0.2, -0.15) is 11.8 Å². The Bertz CT molecular complexity index is 1060. The van der Waals surface area contributed by atoms with Gasteiger partial charge in [0.25, 0.3) is 0 Å². The Labute approximate surface area is 209 Å². The van der Waals surface area contributed by atoms with Crippen molar-refractivity contribution in [1.29, 1.82) is 0 Å². The molecule has 9 heteroatoms. The third-order valence-corrected chi connectivity index (χ3v) is 7.09. The third-order valence-electron chi connectivity index (χ3n) is 6.45. The highest BCUT2D eigenvalue weighted by Crippen LogP contribution is 2.44. The molecule has 1 fully saturated rings. The molecule has 0 spiro atoms. The van der Waals surface area contributed by atoms with Crippen LogP contribution in [0, 0.1) is 0 Å². The van der Waals surface area contributed by atoms with E-state index in [0.29, 0.717) is 12.2 Å². The smallest absolute Gasteiger partial charge is 0.407 e. The number of thioether (sulfide) groups is 1. The van der Waals surface area contributed by atoms with Crippen molar-refractivity contribution in [3.63, 3.8) is 0 Å². The molecular formula is C26H30N2O6S. The lowest BCUT2D eigenvalue weighted by molar-refractivity contribution is -0.174. The van der Waals surface area contributed by atoms with Gasteiger partial charge in [-0.15, -0.1) is 0 Å². The second-order valence-corrected chi connectivity index (χ2v) is 10.1. The highest BCUT2D eigenvalue weighted by Gasteiger charge is 2.44. The molecule has 0 bridgehead atoms. The topological polar surface area (TPSA) is 105 Å². The van der Waals surface area contributed by atoms with Crippen molar-refractivity contribution in [3.05, 3.63) is 59.7 Å². The van der Waals surface area contributed by atoms with Crippen LogP contribution in [0.4, 0.5) is 4.79 Å². The second-order valence-electron chi connectivity index (χ2n) is 9.13. The number of hydrogen-bond acceptors (Lipinski definition) is 6. The normalized spacial score (nSPS) is 16.6. The van der Waals surface area contributed by atoms with Crippen LogP contribution >= 0.6 is 11.8 Å². The number of carbonyl (C=O) groups is 3. The summed E-state index contributed by atoms with van der Waals surface area (Å²) in [6.45, 7) is 2.10. The highest BCUT2D eigenvalue weighted by atomic mass is 32.2. The molecule has 0 radical (unpaired) electrons. The number of carboxylic acid groups (broad SMARTS) is 1. The molecular weight excluding hydrogens is 468 g/mol. The number of nitrogens with one attached hydrogen (secondary N) is 1. The molecule has 35 heavy (non-hydrogen) atoms. The number of ether oxygens (including phenoxy) is 2. The van der Waals surface area contributed by atoms with Crippen molar-refractivity contribution in [1.82, 2.24) is 10.2 Å². The zero-order valence-electron chi connectivity index (χ0n) is 19.9. The van der Waals surface area contributed by atoms with Crippen LogP contribution in [0.1, 0.15) is 30.4 Å². The van der Waals surface area contributed by atoms with Crippen LogP contribution in [-0.2, 0) is 19.1 Å². The van der Waals surface area contributed by atoms with Gasteiger partial charge in [-0.05, 0) is 47.6 Å². The molecule has 1 heterocycles. The van der Waals surface area contributed by atoms with Crippen LogP contribution in [0.25, 0.3) is 11.1 Å². The van der Waals surface area contributed by atoms with Crippen LogP contribution in [0.15, 0.2) is 48.5 Å². The standard InChI is InChI=1S/C26H30N2O6S/c1-26(34-14-23(29)30)15-28(16-26)24(31)22(11-12-35-2)27-25(32)33-13-21-19-9-5-3-7-17(19)18-8-4-6-10-20(18)21/h3-10,21-22H,11-16H2,1-2H3,(H,27,32)(H,29,30)/t22-/m1/s1. The molecule has 186 valence electrons. The lowest BCUT2D eigenvalue weighted by Crippen LogP contribution is -2.66. The number of carboxylic acids is 1. The molecule has 1 saturated heterocycles. The molecule has 0 unspecified atom stereocenters. The first-order valence-corrected chi connectivity index (χ1v) is 13.0. The maximum atomic E-state index is 13.1. The zero-order valence-corrected chi connectivity index (χ0v) is 20.7. The fourth-order valence-electron chi connectivity index (χ4n) is 4.74. The maximum absolute atomic E-state index is 13.1. The van der Waals surface area contributed by atoms with Crippen LogP contribution in [-0.4, -0.2) is 77.9 Å². The monoisotopic (exact) mass is 498 g/mol. The van der Waals surface area contributed by atoms with Gasteiger partial charge in [-0.1, -0.05) is 48.5 Å². The van der Waals surface area contributed by atoms with Gasteiger partial charge in [0.05, 0.1) is 13.1 Å². The average molecular weight is 499 g/mol. The Kier molecular flexibility index (Phi) is 7.66. The summed E-state index contributed by atoms with van der Waals surface area (Å²) >= 11 is 1.59. The van der Waals surface area contributed by atoms with Crippen LogP contribution in [0.5, 0.6) is 0 Å². The van der Waals surface area contributed by atoms with E-state index in [4.69, 9.17) is 14.6 Å². The van der Waals surface area contributed by atoms with E-state index in [9.17, 15) is 14.4 Å². The molecule has 2 aliphatic rings.